The van der Waals surface area contributed by atoms with Gasteiger partial charge in [-0.1, -0.05) is 43.3 Å². The van der Waals surface area contributed by atoms with Crippen molar-refractivity contribution >= 4 is 23.0 Å². The largest absolute Gasteiger partial charge is 0.339 e. The number of anilines is 3. The van der Waals surface area contributed by atoms with E-state index < -0.39 is 0 Å². The SMILES string of the molecule is CC/C=C(/C)C(=O)Nc1ccccc1N1CCc2ccccc21. The number of nitrogens with one attached hydrogen (secondary N) is 1. The minimum atomic E-state index is -0.0354. The van der Waals surface area contributed by atoms with Crippen molar-refractivity contribution in [2.75, 3.05) is 16.8 Å². The van der Waals surface area contributed by atoms with Crippen LogP contribution in [0.2, 0.25) is 0 Å². The molecule has 1 aliphatic heterocycles. The maximum absolute atomic E-state index is 12.3. The summed E-state index contributed by atoms with van der Waals surface area (Å²) in [6, 6.07) is 16.5. The van der Waals surface area contributed by atoms with Crippen LogP contribution in [-0.2, 0) is 11.2 Å². The molecule has 3 rings (SSSR count). The average molecular weight is 306 g/mol. The molecule has 3 nitrogen and oxygen atoms in total. The van der Waals surface area contributed by atoms with Crippen LogP contribution in [-0.4, -0.2) is 12.5 Å². The van der Waals surface area contributed by atoms with Crippen LogP contribution in [0.5, 0.6) is 0 Å². The molecule has 2 aromatic rings. The molecule has 1 N–H and O–H groups in total. The molecule has 0 fully saturated rings. The van der Waals surface area contributed by atoms with E-state index in [-0.39, 0.29) is 5.91 Å². The third-order valence-electron chi connectivity index (χ3n) is 4.20. The predicted octanol–water partition coefficient (Wildman–Crippen LogP) is 4.68. The van der Waals surface area contributed by atoms with E-state index in [0.29, 0.717) is 0 Å². The molecule has 0 aliphatic carbocycles. The second-order valence-electron chi connectivity index (χ2n) is 5.80. The zero-order valence-corrected chi connectivity index (χ0v) is 13.7. The lowest BCUT2D eigenvalue weighted by atomic mass is 10.1. The average Bonchev–Trinajstić information content (AvgIpc) is 2.99. The molecule has 1 aliphatic rings. The lowest BCUT2D eigenvalue weighted by molar-refractivity contribution is -0.112. The Morgan fingerprint density at radius 1 is 1.13 bits per heavy atom. The Bertz CT molecular complexity index is 749. The van der Waals surface area contributed by atoms with E-state index >= 15 is 0 Å². The van der Waals surface area contributed by atoms with Gasteiger partial charge in [-0.15, -0.1) is 0 Å². The van der Waals surface area contributed by atoms with Gasteiger partial charge in [-0.2, -0.15) is 0 Å². The van der Waals surface area contributed by atoms with E-state index in [9.17, 15) is 4.79 Å². The number of nitrogens with zero attached hydrogens (tertiary/aromatic N) is 1. The van der Waals surface area contributed by atoms with Gasteiger partial charge < -0.3 is 10.2 Å². The molecule has 0 bridgehead atoms. The second-order valence-corrected chi connectivity index (χ2v) is 5.80. The van der Waals surface area contributed by atoms with Crippen molar-refractivity contribution in [3.05, 3.63) is 65.7 Å². The van der Waals surface area contributed by atoms with Crippen molar-refractivity contribution in [3.8, 4) is 0 Å². The minimum absolute atomic E-state index is 0.0354. The number of amides is 1. The second kappa shape index (κ2) is 6.69. The topological polar surface area (TPSA) is 32.3 Å². The summed E-state index contributed by atoms with van der Waals surface area (Å²) >= 11 is 0. The van der Waals surface area contributed by atoms with Crippen molar-refractivity contribution < 1.29 is 4.79 Å². The molecular weight excluding hydrogens is 284 g/mol. The molecule has 118 valence electrons. The zero-order chi connectivity index (χ0) is 16.2. The Kier molecular flexibility index (Phi) is 4.47. The Hall–Kier alpha value is -2.55. The van der Waals surface area contributed by atoms with Crippen LogP contribution in [0.3, 0.4) is 0 Å². The summed E-state index contributed by atoms with van der Waals surface area (Å²) < 4.78 is 0. The summed E-state index contributed by atoms with van der Waals surface area (Å²) in [4.78, 5) is 14.6. The molecule has 0 saturated heterocycles. The smallest absolute Gasteiger partial charge is 0.251 e. The molecule has 0 radical (unpaired) electrons. The summed E-state index contributed by atoms with van der Waals surface area (Å²) in [5, 5.41) is 3.05. The number of hydrogen-bond donors (Lipinski definition) is 1. The van der Waals surface area contributed by atoms with Crippen LogP contribution in [0, 0.1) is 0 Å². The molecule has 0 aromatic heterocycles. The molecule has 23 heavy (non-hydrogen) atoms. The molecular formula is C20H22N2O. The first-order chi connectivity index (χ1) is 11.2. The Morgan fingerprint density at radius 3 is 2.61 bits per heavy atom. The summed E-state index contributed by atoms with van der Waals surface area (Å²) in [5.74, 6) is -0.0354. The number of allylic oxidation sites excluding steroid dienone is 1. The standard InChI is InChI=1S/C20H22N2O/c1-3-8-15(2)20(23)21-17-10-5-7-12-19(17)22-14-13-16-9-4-6-11-18(16)22/h4-12H,3,13-14H2,1-2H3,(H,21,23)/b15-8-. The van der Waals surface area contributed by atoms with Crippen LogP contribution < -0.4 is 10.2 Å². The van der Waals surface area contributed by atoms with Crippen molar-refractivity contribution in [1.29, 1.82) is 0 Å². The third kappa shape index (κ3) is 3.14. The quantitative estimate of drug-likeness (QED) is 0.832. The van der Waals surface area contributed by atoms with Crippen molar-refractivity contribution in [2.24, 2.45) is 0 Å². The number of benzene rings is 2. The van der Waals surface area contributed by atoms with Gasteiger partial charge in [-0.05, 0) is 43.5 Å². The van der Waals surface area contributed by atoms with E-state index in [0.717, 1.165) is 36.3 Å². The number of carbonyl (C=O) groups excluding carboxylic acids is 1. The molecule has 2 aromatic carbocycles. The zero-order valence-electron chi connectivity index (χ0n) is 13.7. The maximum atomic E-state index is 12.3. The lowest BCUT2D eigenvalue weighted by Gasteiger charge is -2.23. The molecule has 0 atom stereocenters. The Morgan fingerprint density at radius 2 is 1.83 bits per heavy atom. The lowest BCUT2D eigenvalue weighted by Crippen LogP contribution is -2.18. The molecule has 1 heterocycles. The van der Waals surface area contributed by atoms with E-state index in [4.69, 9.17) is 0 Å². The number of carbonyl (C=O) groups is 1. The highest BCUT2D eigenvalue weighted by Gasteiger charge is 2.22. The summed E-state index contributed by atoms with van der Waals surface area (Å²) in [7, 11) is 0. The number of rotatable bonds is 4. The molecule has 0 spiro atoms. The summed E-state index contributed by atoms with van der Waals surface area (Å²) in [6.07, 6.45) is 3.84. The van der Waals surface area contributed by atoms with Crippen LogP contribution in [0.4, 0.5) is 17.1 Å². The van der Waals surface area contributed by atoms with Gasteiger partial charge in [0.1, 0.15) is 0 Å². The normalized spacial score (nSPS) is 13.8. The molecule has 1 amide bonds. The highest BCUT2D eigenvalue weighted by atomic mass is 16.1. The maximum Gasteiger partial charge on any atom is 0.251 e. The van der Waals surface area contributed by atoms with Crippen LogP contribution in [0.1, 0.15) is 25.8 Å². The number of para-hydroxylation sites is 3. The van der Waals surface area contributed by atoms with Gasteiger partial charge in [0.15, 0.2) is 0 Å². The first-order valence-corrected chi connectivity index (χ1v) is 8.13. The van der Waals surface area contributed by atoms with Gasteiger partial charge in [0.05, 0.1) is 11.4 Å². The predicted molar refractivity (Wildman–Crippen MR) is 96.3 cm³/mol. The fraction of sp³-hybridized carbons (Fsp3) is 0.250. The van der Waals surface area contributed by atoms with E-state index in [1.807, 2.05) is 38.1 Å². The van der Waals surface area contributed by atoms with Gasteiger partial charge in [-0.3, -0.25) is 4.79 Å². The Labute approximate surface area is 137 Å². The number of fused-ring (bicyclic) bond motifs is 1. The fourth-order valence-electron chi connectivity index (χ4n) is 3.02. The highest BCUT2D eigenvalue weighted by molar-refractivity contribution is 6.05. The van der Waals surface area contributed by atoms with Gasteiger partial charge >= 0.3 is 0 Å². The monoisotopic (exact) mass is 306 g/mol. The Balaban J connectivity index is 1.91. The third-order valence-corrected chi connectivity index (χ3v) is 4.20. The molecule has 3 heteroatoms. The van der Waals surface area contributed by atoms with Gasteiger partial charge in [-0.25, -0.2) is 0 Å². The number of hydrogen-bond acceptors (Lipinski definition) is 2. The van der Waals surface area contributed by atoms with E-state index in [2.05, 4.69) is 40.5 Å². The van der Waals surface area contributed by atoms with Crippen molar-refractivity contribution in [1.82, 2.24) is 0 Å². The van der Waals surface area contributed by atoms with E-state index in [1.54, 1.807) is 0 Å². The van der Waals surface area contributed by atoms with Gasteiger partial charge in [0, 0.05) is 17.8 Å². The van der Waals surface area contributed by atoms with Gasteiger partial charge in [0.2, 0.25) is 0 Å². The van der Waals surface area contributed by atoms with Crippen LogP contribution in [0.25, 0.3) is 0 Å². The summed E-state index contributed by atoms with van der Waals surface area (Å²) in [5.41, 5.74) is 5.25. The molecule has 0 saturated carbocycles. The van der Waals surface area contributed by atoms with Crippen molar-refractivity contribution in [2.45, 2.75) is 26.7 Å². The van der Waals surface area contributed by atoms with E-state index in [1.165, 1.54) is 11.3 Å². The van der Waals surface area contributed by atoms with Crippen LogP contribution in [0.15, 0.2) is 60.2 Å². The van der Waals surface area contributed by atoms with Crippen LogP contribution >= 0.6 is 0 Å². The van der Waals surface area contributed by atoms with Crippen molar-refractivity contribution in [3.63, 3.8) is 0 Å². The first-order valence-electron chi connectivity index (χ1n) is 8.13. The van der Waals surface area contributed by atoms with Gasteiger partial charge in [0.25, 0.3) is 5.91 Å². The fourth-order valence-corrected chi connectivity index (χ4v) is 3.02. The molecule has 0 unspecified atom stereocenters. The minimum Gasteiger partial charge on any atom is -0.339 e. The first kappa shape index (κ1) is 15.3. The summed E-state index contributed by atoms with van der Waals surface area (Å²) in [6.45, 7) is 4.83. The highest BCUT2D eigenvalue weighted by Crippen LogP contribution is 2.38.